The molecule has 2 aromatic rings. The van der Waals surface area contributed by atoms with Gasteiger partial charge in [0.2, 0.25) is 76.8 Å². The zero-order valence-electron chi connectivity index (χ0n) is 60.9. The molecule has 588 valence electrons. The minimum absolute atomic E-state index is 0.00876. The number of aromatic nitrogens is 2. The summed E-state index contributed by atoms with van der Waals surface area (Å²) >= 11 is 4.27. The van der Waals surface area contributed by atoms with E-state index in [-0.39, 0.29) is 63.8 Å². The number of guanidine groups is 1. The summed E-state index contributed by atoms with van der Waals surface area (Å²) in [5.74, 6) is -17.1. The number of aliphatic hydroxyl groups is 2. The van der Waals surface area contributed by atoms with Crippen LogP contribution in [0.5, 0.6) is 0 Å². The van der Waals surface area contributed by atoms with Crippen LogP contribution in [0.15, 0.2) is 42.9 Å². The average Bonchev–Trinajstić information content (AvgIpc) is 1.14. The molecule has 0 saturated carbocycles. The second-order valence-electron chi connectivity index (χ2n) is 26.5. The van der Waals surface area contributed by atoms with Gasteiger partial charge in [-0.05, 0) is 102 Å². The van der Waals surface area contributed by atoms with Gasteiger partial charge in [0, 0.05) is 31.3 Å². The average molecular weight is 1500 g/mol. The maximum absolute atomic E-state index is 14.5. The molecule has 0 spiro atoms. The second-order valence-corrected chi connectivity index (χ2v) is 26.9. The quantitative estimate of drug-likeness (QED) is 0.0127. The number of unbranched alkanes of at least 4 members (excludes halogenated alkanes) is 2. The number of benzene rings is 1. The largest absolute Gasteiger partial charge is 0.480 e. The van der Waals surface area contributed by atoms with Gasteiger partial charge in [0.05, 0.1) is 36.7 Å². The van der Waals surface area contributed by atoms with Crippen LogP contribution in [-0.2, 0) is 80.0 Å². The third kappa shape index (κ3) is 33.0. The summed E-state index contributed by atoms with van der Waals surface area (Å²) in [5, 5.41) is 71.2. The number of carbonyl (C=O) groups is 14. The SMILES string of the molecule is CC(C)[C@H](NC(=O)[C@H](CC(N)=O)NC(=O)[C@@H](NC(=O)[C@H](C)NC(=O)[C@H](Cc1ccccc1)NC(=O)[C@@H](N)CCCCN)[C@@H](C)O)C(=O)N[C@H](C(=O)N[C@@H](CCCNC(=N)N)C(=O)N[C@@H](CCCCN)C(=O)N[C@@H](CS)C(=O)N[C@H](C(=O)N[C@H](C(=O)N[C@@H](Cc1c[nH]cn1)C(=O)O)[C@@H](C)O)C(C)C)C(C)C. The van der Waals surface area contributed by atoms with Crippen molar-refractivity contribution < 1.29 is 82.4 Å². The number of aliphatic carboxylic acids is 1. The molecule has 1 aromatic heterocycles. The fourth-order valence-corrected chi connectivity index (χ4v) is 10.6. The molecular formula is C66H111N21O17S. The van der Waals surface area contributed by atoms with Crippen molar-refractivity contribution in [3.8, 4) is 0 Å². The van der Waals surface area contributed by atoms with Crippen LogP contribution in [0.25, 0.3) is 0 Å². The summed E-state index contributed by atoms with van der Waals surface area (Å²) in [4.78, 5) is 198. The Kier molecular flexibility index (Phi) is 41.0. The van der Waals surface area contributed by atoms with Crippen LogP contribution in [0.3, 0.4) is 0 Å². The number of carboxylic acid groups (broad SMARTS) is 1. The van der Waals surface area contributed by atoms with Gasteiger partial charge in [0.25, 0.3) is 0 Å². The lowest BCUT2D eigenvalue weighted by molar-refractivity contribution is -0.143. The van der Waals surface area contributed by atoms with E-state index in [1.54, 1.807) is 58.0 Å². The van der Waals surface area contributed by atoms with Crippen molar-refractivity contribution in [2.24, 2.45) is 46.4 Å². The molecule has 105 heavy (non-hydrogen) atoms. The van der Waals surface area contributed by atoms with Crippen LogP contribution >= 0.6 is 12.6 Å². The van der Waals surface area contributed by atoms with E-state index in [1.807, 2.05) is 0 Å². The monoisotopic (exact) mass is 1500 g/mol. The standard InChI is InChI=1S/C66H111N21O17S/c1-32(2)48(85-61(99)49(33(3)4)83-58(96)44(28-47(70)90)80-63(101)51(36(8)88)86-53(91)35(7)76-57(95)43(26-38-18-11-10-12-19-38)79-54(92)40(69)20-13-15-23-67)60(98)78-42(22-17-25-74-66(71)72)55(93)77-41(21-14-16-24-68)56(94)82-46(30-105)59(97)84-50(34(5)6)62(100)87-52(37(9)89)64(102)81-45(65(103)104)27-39-29-73-31-75-39/h10-12,18-19,29,31-37,40-46,48-52,88-89,105H,13-17,20-28,30,67-69H2,1-9H3,(H2,70,90)(H,73,75)(H,76,95)(H,77,93)(H,78,98)(H,79,92)(H,80,101)(H,81,102)(H,82,94)(H,83,96)(H,84,97)(H,85,99)(H,86,91)(H,87,100)(H,103,104)(H4,71,72,74)/t35-,36+,37+,40-,41-,42-,43-,44-,45-,46-,48-,49-,50-,51-,52-/m0/s1. The van der Waals surface area contributed by atoms with Gasteiger partial charge in [0.1, 0.15) is 72.5 Å². The van der Waals surface area contributed by atoms with E-state index in [1.165, 1.54) is 40.2 Å². The van der Waals surface area contributed by atoms with E-state index in [0.29, 0.717) is 37.1 Å². The summed E-state index contributed by atoms with van der Waals surface area (Å²) < 4.78 is 0. The Morgan fingerprint density at radius 2 is 0.876 bits per heavy atom. The molecule has 13 amide bonds. The lowest BCUT2D eigenvalue weighted by atomic mass is 9.98. The minimum Gasteiger partial charge on any atom is -0.480 e. The predicted octanol–water partition coefficient (Wildman–Crippen LogP) is -6.50. The number of nitrogens with two attached hydrogens (primary N) is 5. The second kappa shape index (κ2) is 47.0. The summed E-state index contributed by atoms with van der Waals surface area (Å²) in [6.45, 7) is 13.4. The summed E-state index contributed by atoms with van der Waals surface area (Å²) in [7, 11) is 0. The lowest BCUT2D eigenvalue weighted by Gasteiger charge is -2.30. The Labute approximate surface area is 615 Å². The van der Waals surface area contributed by atoms with E-state index in [2.05, 4.69) is 91.7 Å². The summed E-state index contributed by atoms with van der Waals surface area (Å²) in [6.07, 6.45) is 0.220. The fourth-order valence-electron chi connectivity index (χ4n) is 10.3. The van der Waals surface area contributed by atoms with Crippen LogP contribution < -0.4 is 97.8 Å². The van der Waals surface area contributed by atoms with E-state index in [4.69, 9.17) is 34.1 Å². The number of aliphatic hydroxyl groups excluding tert-OH is 2. The van der Waals surface area contributed by atoms with Crippen molar-refractivity contribution in [3.05, 3.63) is 54.1 Å². The molecule has 1 heterocycles. The molecule has 0 aliphatic heterocycles. The van der Waals surface area contributed by atoms with Gasteiger partial charge in [-0.2, -0.15) is 12.6 Å². The molecule has 0 fully saturated rings. The van der Waals surface area contributed by atoms with Crippen LogP contribution in [0.1, 0.15) is 131 Å². The van der Waals surface area contributed by atoms with Crippen molar-refractivity contribution >= 4 is 101 Å². The first-order valence-corrected chi connectivity index (χ1v) is 35.4. The molecule has 0 radical (unpaired) electrons. The molecule has 0 saturated heterocycles. The normalized spacial score (nSPS) is 15.6. The Balaban J connectivity index is 2.37. The maximum atomic E-state index is 14.5. The number of hydrogen-bond donors (Lipinski definition) is 24. The van der Waals surface area contributed by atoms with Crippen LogP contribution in [0.2, 0.25) is 0 Å². The highest BCUT2D eigenvalue weighted by molar-refractivity contribution is 7.80. The van der Waals surface area contributed by atoms with E-state index >= 15 is 0 Å². The smallest absolute Gasteiger partial charge is 0.326 e. The molecule has 1 aromatic carbocycles. The van der Waals surface area contributed by atoms with E-state index in [0.717, 1.165) is 6.92 Å². The molecule has 0 unspecified atom stereocenters. The van der Waals surface area contributed by atoms with Crippen LogP contribution in [-0.4, -0.2) is 230 Å². The number of amides is 13. The van der Waals surface area contributed by atoms with Gasteiger partial charge in [-0.3, -0.25) is 67.7 Å². The maximum Gasteiger partial charge on any atom is 0.326 e. The third-order valence-electron chi connectivity index (χ3n) is 16.5. The molecule has 39 heteroatoms. The number of imidazole rings is 1. The fraction of sp³-hybridized carbons (Fsp3) is 0.636. The van der Waals surface area contributed by atoms with Crippen molar-refractivity contribution in [3.63, 3.8) is 0 Å². The minimum atomic E-state index is -1.86. The van der Waals surface area contributed by atoms with Gasteiger partial charge in [-0.25, -0.2) is 9.78 Å². The predicted molar refractivity (Wildman–Crippen MR) is 387 cm³/mol. The number of hydrogen-bond acceptors (Lipinski definition) is 22. The third-order valence-corrected chi connectivity index (χ3v) is 16.8. The lowest BCUT2D eigenvalue weighted by Crippen LogP contribution is -2.63. The van der Waals surface area contributed by atoms with Gasteiger partial charge < -0.3 is 118 Å². The molecular weight excluding hydrogens is 1390 g/mol. The number of primary amides is 1. The van der Waals surface area contributed by atoms with Crippen LogP contribution in [0.4, 0.5) is 0 Å². The first kappa shape index (κ1) is 91.5. The molecule has 0 aliphatic rings. The van der Waals surface area contributed by atoms with E-state index < -0.39 is 204 Å². The molecule has 38 nitrogen and oxygen atoms in total. The molecule has 15 atom stereocenters. The van der Waals surface area contributed by atoms with Gasteiger partial charge >= 0.3 is 5.97 Å². The highest BCUT2D eigenvalue weighted by atomic mass is 32.1. The Bertz CT molecular complexity index is 3200. The molecule has 0 aliphatic carbocycles. The van der Waals surface area contributed by atoms with Crippen molar-refractivity contribution in [2.45, 2.75) is 224 Å². The van der Waals surface area contributed by atoms with Gasteiger partial charge in [-0.15, -0.1) is 0 Å². The molecule has 2 rings (SSSR count). The van der Waals surface area contributed by atoms with Crippen LogP contribution in [0, 0.1) is 23.2 Å². The summed E-state index contributed by atoms with van der Waals surface area (Å²) in [6, 6.07) is -10.8. The highest BCUT2D eigenvalue weighted by Crippen LogP contribution is 2.14. The Morgan fingerprint density at radius 1 is 0.476 bits per heavy atom. The first-order chi connectivity index (χ1) is 49.4. The number of rotatable bonds is 49. The zero-order valence-corrected chi connectivity index (χ0v) is 61.8. The van der Waals surface area contributed by atoms with Crippen molar-refractivity contribution in [1.29, 1.82) is 5.41 Å². The van der Waals surface area contributed by atoms with Gasteiger partial charge in [0.15, 0.2) is 5.96 Å². The number of H-pyrrole nitrogens is 1. The Hall–Kier alpha value is -9.57. The van der Waals surface area contributed by atoms with Gasteiger partial charge in [-0.1, -0.05) is 78.3 Å². The van der Waals surface area contributed by atoms with Crippen molar-refractivity contribution in [2.75, 3.05) is 25.4 Å². The van der Waals surface area contributed by atoms with E-state index in [9.17, 15) is 82.4 Å². The number of nitrogens with one attached hydrogen (secondary N) is 15. The molecule has 0 bridgehead atoms. The number of carboxylic acids is 1. The zero-order chi connectivity index (χ0) is 79.4. The highest BCUT2D eigenvalue weighted by Gasteiger charge is 2.40. The number of carbonyl (C=O) groups excluding carboxylic acids is 13. The topological polar surface area (TPSA) is 639 Å². The first-order valence-electron chi connectivity index (χ1n) is 34.8. The number of aromatic amines is 1. The number of nitrogens with zero attached hydrogens (tertiary/aromatic N) is 1. The molecule has 28 N–H and O–H groups in total. The Morgan fingerprint density at radius 3 is 1.33 bits per heavy atom. The summed E-state index contributed by atoms with van der Waals surface area (Å²) in [5.41, 5.74) is 29.4. The number of thiol groups is 1. The van der Waals surface area contributed by atoms with Crippen molar-refractivity contribution in [1.82, 2.24) is 79.1 Å².